The van der Waals surface area contributed by atoms with Crippen LogP contribution in [-0.4, -0.2) is 29.5 Å². The van der Waals surface area contributed by atoms with Crippen molar-refractivity contribution in [2.75, 3.05) is 19.0 Å². The molecule has 0 saturated carbocycles. The van der Waals surface area contributed by atoms with Crippen LogP contribution in [-0.2, 0) is 6.54 Å². The van der Waals surface area contributed by atoms with Crippen LogP contribution in [0.1, 0.15) is 15.9 Å². The molecule has 0 radical (unpaired) electrons. The second kappa shape index (κ2) is 9.32. The number of hydrogen-bond donors (Lipinski definition) is 2. The number of nitrogens with one attached hydrogen (secondary N) is 2. The standard InChI is InChI=1S/C22H22N4O2/c1-3-11-23-21-13-20(25-15-26-21)17-7-9-18(10-8-17)22(27)24-14-16-5-4-6-19(12-16)28-2/h3-10,12-13,15H,1,11,14H2,2H3,(H,24,27)(H,23,25,26). The van der Waals surface area contributed by atoms with Crippen LogP contribution in [0.3, 0.4) is 0 Å². The number of nitrogens with zero attached hydrogens (tertiary/aromatic N) is 2. The van der Waals surface area contributed by atoms with Crippen molar-refractivity contribution >= 4 is 11.7 Å². The lowest BCUT2D eigenvalue weighted by atomic mass is 10.1. The average molecular weight is 374 g/mol. The van der Waals surface area contributed by atoms with Crippen LogP contribution >= 0.6 is 0 Å². The fraction of sp³-hybridized carbons (Fsp3) is 0.136. The summed E-state index contributed by atoms with van der Waals surface area (Å²) in [5.41, 5.74) is 3.26. The van der Waals surface area contributed by atoms with Crippen molar-refractivity contribution in [3.05, 3.63) is 84.7 Å². The first-order valence-electron chi connectivity index (χ1n) is 8.88. The Hall–Kier alpha value is -3.67. The number of carbonyl (C=O) groups is 1. The van der Waals surface area contributed by atoms with Crippen molar-refractivity contribution in [1.29, 1.82) is 0 Å². The molecule has 0 unspecified atom stereocenters. The Kier molecular flexibility index (Phi) is 6.36. The molecular formula is C22H22N4O2. The SMILES string of the molecule is C=CCNc1cc(-c2ccc(C(=O)NCc3cccc(OC)c3)cc2)ncn1. The van der Waals surface area contributed by atoms with Gasteiger partial charge in [-0.2, -0.15) is 0 Å². The first-order chi connectivity index (χ1) is 13.7. The zero-order valence-corrected chi connectivity index (χ0v) is 15.7. The third kappa shape index (κ3) is 4.94. The summed E-state index contributed by atoms with van der Waals surface area (Å²) in [5, 5.41) is 6.05. The predicted octanol–water partition coefficient (Wildman–Crippen LogP) is 3.68. The highest BCUT2D eigenvalue weighted by atomic mass is 16.5. The van der Waals surface area contributed by atoms with Crippen LogP contribution in [0.15, 0.2) is 73.6 Å². The molecule has 2 aromatic carbocycles. The van der Waals surface area contributed by atoms with Gasteiger partial charge in [-0.25, -0.2) is 9.97 Å². The highest BCUT2D eigenvalue weighted by Crippen LogP contribution is 2.19. The van der Waals surface area contributed by atoms with Crippen LogP contribution < -0.4 is 15.4 Å². The Labute approximate surface area is 164 Å². The molecule has 0 spiro atoms. The summed E-state index contributed by atoms with van der Waals surface area (Å²) in [5.74, 6) is 1.36. The Bertz CT molecular complexity index is 955. The summed E-state index contributed by atoms with van der Waals surface area (Å²) in [4.78, 5) is 20.9. The Morgan fingerprint density at radius 2 is 1.96 bits per heavy atom. The summed E-state index contributed by atoms with van der Waals surface area (Å²) in [6, 6.07) is 16.8. The summed E-state index contributed by atoms with van der Waals surface area (Å²) in [6.45, 7) is 4.74. The number of methoxy groups -OCH3 is 1. The average Bonchev–Trinajstić information content (AvgIpc) is 2.76. The van der Waals surface area contributed by atoms with Gasteiger partial charge in [-0.05, 0) is 29.8 Å². The molecule has 0 saturated heterocycles. The highest BCUT2D eigenvalue weighted by Gasteiger charge is 2.07. The Morgan fingerprint density at radius 3 is 2.71 bits per heavy atom. The van der Waals surface area contributed by atoms with Crippen LogP contribution in [0.2, 0.25) is 0 Å². The third-order valence-corrected chi connectivity index (χ3v) is 4.12. The highest BCUT2D eigenvalue weighted by molar-refractivity contribution is 5.94. The van der Waals surface area contributed by atoms with Gasteiger partial charge in [-0.3, -0.25) is 4.79 Å². The molecule has 1 amide bonds. The molecule has 0 atom stereocenters. The lowest BCUT2D eigenvalue weighted by Crippen LogP contribution is -2.22. The summed E-state index contributed by atoms with van der Waals surface area (Å²) < 4.78 is 5.20. The van der Waals surface area contributed by atoms with Crippen LogP contribution in [0.4, 0.5) is 5.82 Å². The van der Waals surface area contributed by atoms with E-state index in [0.29, 0.717) is 18.7 Å². The molecule has 0 bridgehead atoms. The maximum atomic E-state index is 12.4. The zero-order chi connectivity index (χ0) is 19.8. The first kappa shape index (κ1) is 19.1. The predicted molar refractivity (Wildman–Crippen MR) is 110 cm³/mol. The molecule has 0 fully saturated rings. The van der Waals surface area contributed by atoms with Crippen molar-refractivity contribution in [2.45, 2.75) is 6.54 Å². The maximum absolute atomic E-state index is 12.4. The summed E-state index contributed by atoms with van der Waals surface area (Å²) in [6.07, 6.45) is 3.27. The van der Waals surface area contributed by atoms with E-state index >= 15 is 0 Å². The number of benzene rings is 2. The number of carbonyl (C=O) groups excluding carboxylic acids is 1. The molecule has 3 aromatic rings. The summed E-state index contributed by atoms with van der Waals surface area (Å²) in [7, 11) is 1.62. The Balaban J connectivity index is 1.65. The van der Waals surface area contributed by atoms with E-state index < -0.39 is 0 Å². The molecule has 142 valence electrons. The number of aromatic nitrogens is 2. The van der Waals surface area contributed by atoms with E-state index in [9.17, 15) is 4.79 Å². The van der Waals surface area contributed by atoms with Gasteiger partial charge in [0.1, 0.15) is 17.9 Å². The van der Waals surface area contributed by atoms with Gasteiger partial charge in [0.15, 0.2) is 0 Å². The monoisotopic (exact) mass is 374 g/mol. The van der Waals surface area contributed by atoms with Gasteiger partial charge < -0.3 is 15.4 Å². The van der Waals surface area contributed by atoms with E-state index in [0.717, 1.165) is 28.4 Å². The minimum atomic E-state index is -0.134. The molecular weight excluding hydrogens is 352 g/mol. The second-order valence-electron chi connectivity index (χ2n) is 6.07. The normalized spacial score (nSPS) is 10.2. The number of amides is 1. The van der Waals surface area contributed by atoms with E-state index in [-0.39, 0.29) is 5.91 Å². The Morgan fingerprint density at radius 1 is 1.14 bits per heavy atom. The minimum absolute atomic E-state index is 0.134. The fourth-order valence-electron chi connectivity index (χ4n) is 2.65. The van der Waals surface area contributed by atoms with Crippen molar-refractivity contribution in [3.63, 3.8) is 0 Å². The fourth-order valence-corrected chi connectivity index (χ4v) is 2.65. The quantitative estimate of drug-likeness (QED) is 0.588. The molecule has 1 heterocycles. The molecule has 0 aliphatic carbocycles. The smallest absolute Gasteiger partial charge is 0.251 e. The molecule has 0 aliphatic heterocycles. The molecule has 28 heavy (non-hydrogen) atoms. The van der Waals surface area contributed by atoms with Crippen molar-refractivity contribution in [1.82, 2.24) is 15.3 Å². The molecule has 6 heteroatoms. The first-order valence-corrected chi connectivity index (χ1v) is 8.88. The van der Waals surface area contributed by atoms with Crippen molar-refractivity contribution in [3.8, 4) is 17.0 Å². The minimum Gasteiger partial charge on any atom is -0.497 e. The van der Waals surface area contributed by atoms with E-state index in [1.165, 1.54) is 6.33 Å². The van der Waals surface area contributed by atoms with Gasteiger partial charge >= 0.3 is 0 Å². The van der Waals surface area contributed by atoms with Crippen molar-refractivity contribution < 1.29 is 9.53 Å². The topological polar surface area (TPSA) is 76.1 Å². The van der Waals surface area contributed by atoms with E-state index in [1.807, 2.05) is 42.5 Å². The zero-order valence-electron chi connectivity index (χ0n) is 15.7. The maximum Gasteiger partial charge on any atom is 0.251 e. The number of anilines is 1. The van der Waals surface area contributed by atoms with Crippen LogP contribution in [0.25, 0.3) is 11.3 Å². The largest absolute Gasteiger partial charge is 0.497 e. The molecule has 6 nitrogen and oxygen atoms in total. The number of ether oxygens (including phenoxy) is 1. The van der Waals surface area contributed by atoms with Gasteiger partial charge in [-0.15, -0.1) is 6.58 Å². The van der Waals surface area contributed by atoms with Gasteiger partial charge in [0.05, 0.1) is 12.8 Å². The van der Waals surface area contributed by atoms with Gasteiger partial charge in [0.25, 0.3) is 5.91 Å². The van der Waals surface area contributed by atoms with E-state index in [1.54, 1.807) is 25.3 Å². The molecule has 1 aromatic heterocycles. The third-order valence-electron chi connectivity index (χ3n) is 4.12. The van der Waals surface area contributed by atoms with Gasteiger partial charge in [0.2, 0.25) is 0 Å². The van der Waals surface area contributed by atoms with Gasteiger partial charge in [-0.1, -0.05) is 30.3 Å². The van der Waals surface area contributed by atoms with Crippen molar-refractivity contribution in [2.24, 2.45) is 0 Å². The lowest BCUT2D eigenvalue weighted by Gasteiger charge is -2.08. The van der Waals surface area contributed by atoms with E-state index in [2.05, 4.69) is 27.2 Å². The number of hydrogen-bond acceptors (Lipinski definition) is 5. The van der Waals surface area contributed by atoms with Crippen LogP contribution in [0, 0.1) is 0 Å². The molecule has 2 N–H and O–H groups in total. The molecule has 3 rings (SSSR count). The summed E-state index contributed by atoms with van der Waals surface area (Å²) >= 11 is 0. The van der Waals surface area contributed by atoms with Gasteiger partial charge in [0, 0.05) is 30.3 Å². The van der Waals surface area contributed by atoms with Crippen LogP contribution in [0.5, 0.6) is 5.75 Å². The lowest BCUT2D eigenvalue weighted by molar-refractivity contribution is 0.0951. The van der Waals surface area contributed by atoms with E-state index in [4.69, 9.17) is 4.74 Å². The molecule has 0 aliphatic rings. The second-order valence-corrected chi connectivity index (χ2v) is 6.07. The number of rotatable bonds is 8.